The molecule has 0 saturated carbocycles. The number of aliphatic hydroxyl groups excluding tert-OH is 3. The number of unbranched alkanes of at least 4 members (excludes halogenated alkanes) is 32. The monoisotopic (exact) mass is 762 g/mol. The summed E-state index contributed by atoms with van der Waals surface area (Å²) < 4.78 is 0. The minimum absolute atomic E-state index is 0.156. The van der Waals surface area contributed by atoms with Gasteiger partial charge in [0.25, 0.3) is 0 Å². The molecular weight excluding hydrogens is 667 g/mol. The number of allylic oxidation sites excluding steroid dienone is 4. The molecule has 5 nitrogen and oxygen atoms in total. The van der Waals surface area contributed by atoms with E-state index in [-0.39, 0.29) is 12.5 Å². The first kappa shape index (κ1) is 52.8. The van der Waals surface area contributed by atoms with Gasteiger partial charge in [0.1, 0.15) is 6.10 Å². The van der Waals surface area contributed by atoms with Gasteiger partial charge in [0, 0.05) is 6.42 Å². The average molecular weight is 762 g/mol. The van der Waals surface area contributed by atoms with Gasteiger partial charge in [0.15, 0.2) is 0 Å². The topological polar surface area (TPSA) is 89.8 Å². The standard InChI is InChI=1S/C49H95NO4/c1-3-5-7-9-11-13-15-16-17-18-19-20-21-22-23-24-25-26-27-28-29-30-31-32-34-36-38-40-42-44-48(53)50-46(45-51)49(54)47(52)43-41-39-37-35-33-14-12-10-8-6-4-2/h10,12,35,37,46-47,49,51-52,54H,3-9,11,13-34,36,38-45H2,1-2H3,(H,50,53)/b12-10+,37-35+. The van der Waals surface area contributed by atoms with Crippen LogP contribution < -0.4 is 5.32 Å². The highest BCUT2D eigenvalue weighted by molar-refractivity contribution is 5.76. The first-order chi connectivity index (χ1) is 26.6. The maximum atomic E-state index is 12.4. The zero-order valence-electron chi connectivity index (χ0n) is 36.4. The predicted octanol–water partition coefficient (Wildman–Crippen LogP) is 14.2. The Morgan fingerprint density at radius 3 is 1.11 bits per heavy atom. The van der Waals surface area contributed by atoms with E-state index in [1.165, 1.54) is 180 Å². The summed E-state index contributed by atoms with van der Waals surface area (Å²) in [5.41, 5.74) is 0. The Morgan fingerprint density at radius 2 is 0.759 bits per heavy atom. The number of amides is 1. The Kier molecular flexibility index (Phi) is 43.6. The van der Waals surface area contributed by atoms with Crippen molar-refractivity contribution in [3.63, 3.8) is 0 Å². The first-order valence-electron chi connectivity index (χ1n) is 24.1. The Balaban J connectivity index is 3.49. The molecule has 0 aromatic heterocycles. The van der Waals surface area contributed by atoms with E-state index >= 15 is 0 Å². The van der Waals surface area contributed by atoms with Gasteiger partial charge in [-0.1, -0.05) is 231 Å². The van der Waals surface area contributed by atoms with E-state index in [2.05, 4.69) is 43.5 Å². The molecule has 0 saturated heterocycles. The van der Waals surface area contributed by atoms with Crippen LogP contribution in [0.5, 0.6) is 0 Å². The lowest BCUT2D eigenvalue weighted by Gasteiger charge is -2.26. The fraction of sp³-hybridized carbons (Fsp3) is 0.898. The van der Waals surface area contributed by atoms with Gasteiger partial charge in [-0.3, -0.25) is 4.79 Å². The highest BCUT2D eigenvalue weighted by Crippen LogP contribution is 2.17. The Hall–Kier alpha value is -1.17. The fourth-order valence-corrected chi connectivity index (χ4v) is 7.52. The third-order valence-corrected chi connectivity index (χ3v) is 11.3. The molecule has 0 aliphatic heterocycles. The molecule has 0 radical (unpaired) electrons. The average Bonchev–Trinajstić information content (AvgIpc) is 3.18. The number of aliphatic hydroxyl groups is 3. The molecule has 320 valence electrons. The summed E-state index contributed by atoms with van der Waals surface area (Å²) >= 11 is 0. The molecule has 0 bridgehead atoms. The zero-order valence-corrected chi connectivity index (χ0v) is 36.4. The molecule has 0 aromatic rings. The van der Waals surface area contributed by atoms with Crippen molar-refractivity contribution < 1.29 is 20.1 Å². The molecule has 5 heteroatoms. The minimum Gasteiger partial charge on any atom is -0.394 e. The van der Waals surface area contributed by atoms with Crippen molar-refractivity contribution in [2.75, 3.05) is 6.61 Å². The summed E-state index contributed by atoms with van der Waals surface area (Å²) in [7, 11) is 0. The third kappa shape index (κ3) is 39.1. The lowest BCUT2D eigenvalue weighted by molar-refractivity contribution is -0.124. The van der Waals surface area contributed by atoms with Crippen molar-refractivity contribution >= 4 is 5.91 Å². The number of nitrogens with one attached hydrogen (secondary N) is 1. The zero-order chi connectivity index (χ0) is 39.4. The lowest BCUT2D eigenvalue weighted by Crippen LogP contribution is -2.50. The van der Waals surface area contributed by atoms with Gasteiger partial charge in [-0.15, -0.1) is 0 Å². The summed E-state index contributed by atoms with van der Waals surface area (Å²) in [5, 5.41) is 33.4. The molecule has 0 heterocycles. The van der Waals surface area contributed by atoms with Crippen LogP contribution in [0.1, 0.15) is 258 Å². The van der Waals surface area contributed by atoms with E-state index in [1.807, 2.05) is 0 Å². The van der Waals surface area contributed by atoms with Gasteiger partial charge in [0.2, 0.25) is 5.91 Å². The third-order valence-electron chi connectivity index (χ3n) is 11.3. The largest absolute Gasteiger partial charge is 0.394 e. The Morgan fingerprint density at radius 1 is 0.444 bits per heavy atom. The van der Waals surface area contributed by atoms with Crippen molar-refractivity contribution in [1.29, 1.82) is 0 Å². The normalized spacial score (nSPS) is 13.6. The van der Waals surface area contributed by atoms with Crippen LogP contribution in [-0.2, 0) is 4.79 Å². The van der Waals surface area contributed by atoms with Crippen LogP contribution in [-0.4, -0.2) is 46.1 Å². The molecule has 54 heavy (non-hydrogen) atoms. The summed E-state index contributed by atoms with van der Waals surface area (Å²) in [6.45, 7) is 4.12. The molecule has 4 N–H and O–H groups in total. The van der Waals surface area contributed by atoms with Crippen LogP contribution in [0.15, 0.2) is 24.3 Å². The number of carbonyl (C=O) groups excluding carboxylic acids is 1. The molecule has 3 atom stereocenters. The van der Waals surface area contributed by atoms with E-state index in [1.54, 1.807) is 0 Å². The highest BCUT2D eigenvalue weighted by atomic mass is 16.3. The quantitative estimate of drug-likeness (QED) is 0.0368. The summed E-state index contributed by atoms with van der Waals surface area (Å²) in [5.74, 6) is -0.156. The Bertz CT molecular complexity index is 799. The van der Waals surface area contributed by atoms with Crippen LogP contribution in [0.4, 0.5) is 0 Å². The number of carbonyl (C=O) groups is 1. The van der Waals surface area contributed by atoms with Crippen LogP contribution in [0.2, 0.25) is 0 Å². The summed E-state index contributed by atoms with van der Waals surface area (Å²) in [6.07, 6.45) is 54.7. The molecule has 0 aromatic carbocycles. The van der Waals surface area contributed by atoms with Gasteiger partial charge >= 0.3 is 0 Å². The molecule has 0 rings (SSSR count). The molecule has 0 aliphatic rings. The van der Waals surface area contributed by atoms with Gasteiger partial charge < -0.3 is 20.6 Å². The van der Waals surface area contributed by atoms with Crippen molar-refractivity contribution in [1.82, 2.24) is 5.32 Å². The van der Waals surface area contributed by atoms with Crippen LogP contribution in [0, 0.1) is 0 Å². The minimum atomic E-state index is -1.16. The number of hydrogen-bond acceptors (Lipinski definition) is 4. The van der Waals surface area contributed by atoms with E-state index < -0.39 is 18.2 Å². The van der Waals surface area contributed by atoms with Crippen LogP contribution >= 0.6 is 0 Å². The van der Waals surface area contributed by atoms with Crippen LogP contribution in [0.3, 0.4) is 0 Å². The molecule has 1 amide bonds. The van der Waals surface area contributed by atoms with Crippen molar-refractivity contribution in [2.45, 2.75) is 276 Å². The van der Waals surface area contributed by atoms with Gasteiger partial charge in [-0.25, -0.2) is 0 Å². The SMILES string of the molecule is CCCC/C=C/CC/C=C/CCCC(O)C(O)C(CO)NC(=O)CCCCCCCCCCCCCCCCCCCCCCCCCCCCCCC. The number of hydrogen-bond donors (Lipinski definition) is 4. The van der Waals surface area contributed by atoms with E-state index in [0.29, 0.717) is 12.8 Å². The second-order valence-electron chi connectivity index (χ2n) is 16.7. The fourth-order valence-electron chi connectivity index (χ4n) is 7.52. The predicted molar refractivity (Wildman–Crippen MR) is 236 cm³/mol. The van der Waals surface area contributed by atoms with E-state index in [0.717, 1.165) is 51.4 Å². The van der Waals surface area contributed by atoms with Gasteiger partial charge in [0.05, 0.1) is 18.8 Å². The summed E-state index contributed by atoms with van der Waals surface area (Å²) in [6, 6.07) is -0.828. The van der Waals surface area contributed by atoms with E-state index in [9.17, 15) is 20.1 Å². The smallest absolute Gasteiger partial charge is 0.220 e. The van der Waals surface area contributed by atoms with Crippen molar-refractivity contribution in [3.8, 4) is 0 Å². The second kappa shape index (κ2) is 44.5. The van der Waals surface area contributed by atoms with Gasteiger partial charge in [-0.2, -0.15) is 0 Å². The van der Waals surface area contributed by atoms with Gasteiger partial charge in [-0.05, 0) is 44.9 Å². The molecule has 0 aliphatic carbocycles. The first-order valence-corrected chi connectivity index (χ1v) is 24.1. The molecule has 3 unspecified atom stereocenters. The second-order valence-corrected chi connectivity index (χ2v) is 16.7. The van der Waals surface area contributed by atoms with Crippen molar-refractivity contribution in [2.24, 2.45) is 0 Å². The molecule has 0 spiro atoms. The maximum Gasteiger partial charge on any atom is 0.220 e. The van der Waals surface area contributed by atoms with E-state index in [4.69, 9.17) is 0 Å². The number of rotatable bonds is 44. The maximum absolute atomic E-state index is 12.4. The van der Waals surface area contributed by atoms with Crippen LogP contribution in [0.25, 0.3) is 0 Å². The molecule has 0 fully saturated rings. The van der Waals surface area contributed by atoms with Crippen molar-refractivity contribution in [3.05, 3.63) is 24.3 Å². The Labute approximate surface area is 337 Å². The highest BCUT2D eigenvalue weighted by Gasteiger charge is 2.26. The lowest BCUT2D eigenvalue weighted by atomic mass is 10.0. The summed E-state index contributed by atoms with van der Waals surface area (Å²) in [4.78, 5) is 12.4. The molecular formula is C49H95NO4.